The molecule has 0 aliphatic carbocycles. The number of benzene rings is 1. The zero-order chi connectivity index (χ0) is 16.4. The van der Waals surface area contributed by atoms with Crippen molar-refractivity contribution in [1.82, 2.24) is 4.90 Å². The molecule has 1 aromatic rings. The lowest BCUT2D eigenvalue weighted by molar-refractivity contribution is -0.143. The van der Waals surface area contributed by atoms with Gasteiger partial charge >= 0.3 is 0 Å². The Morgan fingerprint density at radius 2 is 1.96 bits per heavy atom. The van der Waals surface area contributed by atoms with E-state index in [2.05, 4.69) is 5.32 Å². The zero-order valence-electron chi connectivity index (χ0n) is 13.7. The Labute approximate surface area is 137 Å². The summed E-state index contributed by atoms with van der Waals surface area (Å²) in [6, 6.07) is 7.86. The minimum Gasteiger partial charge on any atom is -0.372 e. The van der Waals surface area contributed by atoms with Crippen LogP contribution >= 0.6 is 0 Å². The number of fused-ring (bicyclic) bond motifs is 1. The van der Waals surface area contributed by atoms with Crippen molar-refractivity contribution in [3.63, 3.8) is 0 Å². The smallest absolute Gasteiger partial charge is 0.227 e. The molecule has 0 aromatic heterocycles. The van der Waals surface area contributed by atoms with Crippen LogP contribution < -0.4 is 5.32 Å². The van der Waals surface area contributed by atoms with Crippen LogP contribution in [0.2, 0.25) is 0 Å². The van der Waals surface area contributed by atoms with E-state index in [-0.39, 0.29) is 29.9 Å². The number of carbonyl (C=O) groups is 2. The van der Waals surface area contributed by atoms with Gasteiger partial charge in [-0.2, -0.15) is 0 Å². The van der Waals surface area contributed by atoms with Gasteiger partial charge in [-0.1, -0.05) is 18.2 Å². The number of hydrogen-bond donors (Lipinski definition) is 1. The lowest BCUT2D eigenvalue weighted by Crippen LogP contribution is -2.48. The fraction of sp³-hybridized carbons (Fsp3) is 0.556. The van der Waals surface area contributed by atoms with Gasteiger partial charge in [0.15, 0.2) is 0 Å². The number of para-hydroxylation sites is 1. The molecule has 2 aliphatic heterocycles. The average molecular weight is 316 g/mol. The summed E-state index contributed by atoms with van der Waals surface area (Å²) >= 11 is 0. The van der Waals surface area contributed by atoms with Crippen LogP contribution in [0.4, 0.5) is 5.69 Å². The molecule has 23 heavy (non-hydrogen) atoms. The maximum absolute atomic E-state index is 12.4. The molecule has 0 spiro atoms. The molecule has 3 unspecified atom stereocenters. The molecule has 5 heteroatoms. The summed E-state index contributed by atoms with van der Waals surface area (Å²) in [6.45, 7) is 5.26. The van der Waals surface area contributed by atoms with Crippen molar-refractivity contribution in [2.75, 3.05) is 18.4 Å². The molecule has 0 radical (unpaired) electrons. The average Bonchev–Trinajstić information content (AvgIpc) is 2.51. The summed E-state index contributed by atoms with van der Waals surface area (Å²) in [5, 5.41) is 2.94. The van der Waals surface area contributed by atoms with Crippen LogP contribution in [-0.4, -0.2) is 42.0 Å². The fourth-order valence-corrected chi connectivity index (χ4v) is 3.48. The molecule has 1 aromatic carbocycles. The van der Waals surface area contributed by atoms with Gasteiger partial charge in [-0.3, -0.25) is 9.59 Å². The van der Waals surface area contributed by atoms with E-state index < -0.39 is 0 Å². The first-order chi connectivity index (χ1) is 11.0. The molecule has 1 saturated heterocycles. The first kappa shape index (κ1) is 16.0. The van der Waals surface area contributed by atoms with E-state index in [0.29, 0.717) is 32.4 Å². The summed E-state index contributed by atoms with van der Waals surface area (Å²) in [6.07, 6.45) is 1.88. The molecule has 5 nitrogen and oxygen atoms in total. The highest BCUT2D eigenvalue weighted by Crippen LogP contribution is 2.27. The Morgan fingerprint density at radius 3 is 2.70 bits per heavy atom. The monoisotopic (exact) mass is 316 g/mol. The highest BCUT2D eigenvalue weighted by Gasteiger charge is 2.29. The van der Waals surface area contributed by atoms with Gasteiger partial charge in [-0.25, -0.2) is 0 Å². The van der Waals surface area contributed by atoms with E-state index in [9.17, 15) is 9.59 Å². The van der Waals surface area contributed by atoms with Crippen molar-refractivity contribution in [3.05, 3.63) is 29.8 Å². The molecule has 2 aliphatic rings. The molecular weight excluding hydrogens is 292 g/mol. The van der Waals surface area contributed by atoms with Gasteiger partial charge in [0.05, 0.1) is 12.2 Å². The second-order valence-electron chi connectivity index (χ2n) is 6.64. The number of carbonyl (C=O) groups excluding carboxylic acids is 2. The first-order valence-electron chi connectivity index (χ1n) is 8.35. The maximum atomic E-state index is 12.4. The molecule has 3 atom stereocenters. The second-order valence-corrected chi connectivity index (χ2v) is 6.64. The van der Waals surface area contributed by atoms with Crippen LogP contribution in [-0.2, 0) is 20.7 Å². The largest absolute Gasteiger partial charge is 0.372 e. The van der Waals surface area contributed by atoms with Gasteiger partial charge in [-0.15, -0.1) is 0 Å². The molecule has 2 amide bonds. The number of morpholine rings is 1. The number of anilines is 1. The van der Waals surface area contributed by atoms with Gasteiger partial charge in [0.2, 0.25) is 11.8 Å². The predicted molar refractivity (Wildman–Crippen MR) is 88.1 cm³/mol. The van der Waals surface area contributed by atoms with E-state index in [0.717, 1.165) is 11.3 Å². The minimum atomic E-state index is -0.121. The SMILES string of the molecule is CC1CN(C(=O)CCC2Cc3ccccc3NC2=O)CC(C)O1. The van der Waals surface area contributed by atoms with Crippen LogP contribution in [0.25, 0.3) is 0 Å². The lowest BCUT2D eigenvalue weighted by Gasteiger charge is -2.35. The predicted octanol–water partition coefficient (Wildman–Crippen LogP) is 2.21. The molecule has 3 rings (SSSR count). The quantitative estimate of drug-likeness (QED) is 0.930. The summed E-state index contributed by atoms with van der Waals surface area (Å²) in [5.74, 6) is 0.0311. The third kappa shape index (κ3) is 3.72. The molecule has 2 heterocycles. The Hall–Kier alpha value is -1.88. The summed E-state index contributed by atoms with van der Waals surface area (Å²) in [4.78, 5) is 26.5. The van der Waals surface area contributed by atoms with Crippen molar-refractivity contribution >= 4 is 17.5 Å². The van der Waals surface area contributed by atoms with Gasteiger partial charge in [0, 0.05) is 31.1 Å². The standard InChI is InChI=1S/C18H24N2O3/c1-12-10-20(11-13(2)23-12)17(21)8-7-15-9-14-5-3-4-6-16(14)19-18(15)22/h3-6,12-13,15H,7-11H2,1-2H3,(H,19,22). The number of ether oxygens (including phenoxy) is 1. The third-order valence-electron chi connectivity index (χ3n) is 4.59. The van der Waals surface area contributed by atoms with E-state index >= 15 is 0 Å². The topological polar surface area (TPSA) is 58.6 Å². The van der Waals surface area contributed by atoms with Crippen molar-refractivity contribution < 1.29 is 14.3 Å². The normalized spacial score (nSPS) is 27.3. The fourth-order valence-electron chi connectivity index (χ4n) is 3.48. The lowest BCUT2D eigenvalue weighted by atomic mass is 9.89. The summed E-state index contributed by atoms with van der Waals surface area (Å²) < 4.78 is 5.66. The highest BCUT2D eigenvalue weighted by molar-refractivity contribution is 5.96. The van der Waals surface area contributed by atoms with Gasteiger partial charge in [0.1, 0.15) is 0 Å². The van der Waals surface area contributed by atoms with E-state index in [1.807, 2.05) is 43.0 Å². The van der Waals surface area contributed by atoms with Crippen LogP contribution in [0.1, 0.15) is 32.3 Å². The van der Waals surface area contributed by atoms with Crippen LogP contribution in [0.3, 0.4) is 0 Å². The number of nitrogens with zero attached hydrogens (tertiary/aromatic N) is 1. The van der Waals surface area contributed by atoms with Gasteiger partial charge in [-0.05, 0) is 38.3 Å². The number of rotatable bonds is 3. The van der Waals surface area contributed by atoms with Crippen LogP contribution in [0.5, 0.6) is 0 Å². The van der Waals surface area contributed by atoms with E-state index in [1.165, 1.54) is 0 Å². The molecule has 0 bridgehead atoms. The van der Waals surface area contributed by atoms with Crippen molar-refractivity contribution in [2.45, 2.75) is 45.3 Å². The summed E-state index contributed by atoms with van der Waals surface area (Å²) in [7, 11) is 0. The van der Waals surface area contributed by atoms with Crippen LogP contribution in [0, 0.1) is 5.92 Å². The van der Waals surface area contributed by atoms with Gasteiger partial charge in [0.25, 0.3) is 0 Å². The summed E-state index contributed by atoms with van der Waals surface area (Å²) in [5.41, 5.74) is 2.05. The highest BCUT2D eigenvalue weighted by atomic mass is 16.5. The van der Waals surface area contributed by atoms with Crippen molar-refractivity contribution in [1.29, 1.82) is 0 Å². The molecule has 0 saturated carbocycles. The third-order valence-corrected chi connectivity index (χ3v) is 4.59. The van der Waals surface area contributed by atoms with Crippen LogP contribution in [0.15, 0.2) is 24.3 Å². The number of nitrogens with one attached hydrogen (secondary N) is 1. The second kappa shape index (κ2) is 6.71. The Bertz CT molecular complexity index is 592. The van der Waals surface area contributed by atoms with E-state index in [4.69, 9.17) is 4.74 Å². The maximum Gasteiger partial charge on any atom is 0.227 e. The Balaban J connectivity index is 1.56. The molecule has 124 valence electrons. The van der Waals surface area contributed by atoms with E-state index in [1.54, 1.807) is 0 Å². The zero-order valence-corrected chi connectivity index (χ0v) is 13.7. The Kier molecular flexibility index (Phi) is 4.66. The molecule has 1 fully saturated rings. The van der Waals surface area contributed by atoms with Crippen molar-refractivity contribution in [3.8, 4) is 0 Å². The molecular formula is C18H24N2O3. The van der Waals surface area contributed by atoms with Gasteiger partial charge < -0.3 is 15.0 Å². The Morgan fingerprint density at radius 1 is 1.26 bits per heavy atom. The minimum absolute atomic E-state index is 0.0280. The van der Waals surface area contributed by atoms with Crippen molar-refractivity contribution in [2.24, 2.45) is 5.92 Å². The molecule has 1 N–H and O–H groups in total. The number of amides is 2. The number of hydrogen-bond acceptors (Lipinski definition) is 3. The first-order valence-corrected chi connectivity index (χ1v) is 8.35.